The van der Waals surface area contributed by atoms with Gasteiger partial charge in [0, 0.05) is 19.2 Å². The van der Waals surface area contributed by atoms with Crippen LogP contribution < -0.4 is 5.32 Å². The van der Waals surface area contributed by atoms with Crippen LogP contribution >= 0.6 is 0 Å². The van der Waals surface area contributed by atoms with Crippen LogP contribution in [-0.4, -0.2) is 39.5 Å². The van der Waals surface area contributed by atoms with Crippen LogP contribution in [-0.2, 0) is 21.3 Å². The van der Waals surface area contributed by atoms with Crippen molar-refractivity contribution in [3.63, 3.8) is 0 Å². The van der Waals surface area contributed by atoms with Gasteiger partial charge in [0.2, 0.25) is 0 Å². The SMILES string of the molecule is CON(C)S(=O)(=O)c1ccc(C(=O)NCCCc2ccc(C)cc2C)cc1. The molecule has 2 aromatic rings. The molecule has 0 unspecified atom stereocenters. The number of nitrogens with zero attached hydrogens (tertiary/aromatic N) is 1. The summed E-state index contributed by atoms with van der Waals surface area (Å²) in [5.41, 5.74) is 4.21. The van der Waals surface area contributed by atoms with Gasteiger partial charge in [0.25, 0.3) is 15.9 Å². The molecule has 0 spiro atoms. The third-order valence-corrected chi connectivity index (χ3v) is 6.11. The average Bonchev–Trinajstić information content (AvgIpc) is 2.65. The molecule has 0 aliphatic heterocycles. The van der Waals surface area contributed by atoms with Crippen molar-refractivity contribution in [1.82, 2.24) is 9.79 Å². The first-order valence-electron chi connectivity index (χ1n) is 8.73. The van der Waals surface area contributed by atoms with E-state index >= 15 is 0 Å². The highest BCUT2D eigenvalue weighted by molar-refractivity contribution is 7.89. The molecule has 0 saturated heterocycles. The van der Waals surface area contributed by atoms with Gasteiger partial charge >= 0.3 is 0 Å². The molecule has 0 aliphatic carbocycles. The minimum absolute atomic E-state index is 0.0678. The van der Waals surface area contributed by atoms with E-state index in [0.29, 0.717) is 12.1 Å². The Kier molecular flexibility index (Phi) is 7.12. The summed E-state index contributed by atoms with van der Waals surface area (Å²) < 4.78 is 25.1. The number of amides is 1. The Bertz CT molecular complexity index is 893. The minimum Gasteiger partial charge on any atom is -0.352 e. The number of carbonyl (C=O) groups excluding carboxylic acids is 1. The van der Waals surface area contributed by atoms with Gasteiger partial charge in [-0.05, 0) is 62.1 Å². The molecule has 2 rings (SSSR count). The van der Waals surface area contributed by atoms with Crippen LogP contribution in [0.25, 0.3) is 0 Å². The van der Waals surface area contributed by atoms with Gasteiger partial charge in [-0.15, -0.1) is 0 Å². The molecular weight excluding hydrogens is 364 g/mol. The molecule has 0 bridgehead atoms. The van der Waals surface area contributed by atoms with E-state index in [4.69, 9.17) is 4.84 Å². The topological polar surface area (TPSA) is 75.7 Å². The van der Waals surface area contributed by atoms with Crippen LogP contribution in [0.4, 0.5) is 0 Å². The number of carbonyl (C=O) groups is 1. The van der Waals surface area contributed by atoms with Crippen molar-refractivity contribution in [3.05, 3.63) is 64.7 Å². The van der Waals surface area contributed by atoms with Crippen molar-refractivity contribution in [3.8, 4) is 0 Å². The summed E-state index contributed by atoms with van der Waals surface area (Å²) in [6.45, 7) is 4.72. The van der Waals surface area contributed by atoms with Crippen molar-refractivity contribution < 1.29 is 18.0 Å². The maximum atomic E-state index is 12.2. The zero-order valence-electron chi connectivity index (χ0n) is 16.2. The fourth-order valence-electron chi connectivity index (χ4n) is 2.73. The molecule has 27 heavy (non-hydrogen) atoms. The third-order valence-electron chi connectivity index (χ3n) is 4.42. The zero-order valence-corrected chi connectivity index (χ0v) is 17.0. The summed E-state index contributed by atoms with van der Waals surface area (Å²) in [5, 5.41) is 2.87. The summed E-state index contributed by atoms with van der Waals surface area (Å²) in [6.07, 6.45) is 1.73. The van der Waals surface area contributed by atoms with Crippen LogP contribution in [0.1, 0.15) is 33.5 Å². The molecule has 0 saturated carbocycles. The molecule has 0 aliphatic rings. The number of hydrogen-bond acceptors (Lipinski definition) is 4. The minimum atomic E-state index is -3.71. The largest absolute Gasteiger partial charge is 0.352 e. The van der Waals surface area contributed by atoms with Crippen LogP contribution in [0.15, 0.2) is 47.4 Å². The molecule has 7 heteroatoms. The lowest BCUT2D eigenvalue weighted by molar-refractivity contribution is -0.0258. The van der Waals surface area contributed by atoms with Crippen molar-refractivity contribution in [2.45, 2.75) is 31.6 Å². The third kappa shape index (κ3) is 5.38. The van der Waals surface area contributed by atoms with Crippen LogP contribution in [0.2, 0.25) is 0 Å². The van der Waals surface area contributed by atoms with Crippen LogP contribution in [0.3, 0.4) is 0 Å². The number of sulfonamides is 1. The van der Waals surface area contributed by atoms with E-state index < -0.39 is 10.0 Å². The molecule has 0 fully saturated rings. The van der Waals surface area contributed by atoms with Crippen molar-refractivity contribution in [2.24, 2.45) is 0 Å². The fraction of sp³-hybridized carbons (Fsp3) is 0.350. The van der Waals surface area contributed by atoms with E-state index in [9.17, 15) is 13.2 Å². The van der Waals surface area contributed by atoms with Crippen molar-refractivity contribution >= 4 is 15.9 Å². The van der Waals surface area contributed by atoms with Crippen LogP contribution in [0, 0.1) is 13.8 Å². The van der Waals surface area contributed by atoms with Gasteiger partial charge in [-0.3, -0.25) is 9.63 Å². The molecular formula is C20H26N2O4S. The van der Waals surface area contributed by atoms with Gasteiger partial charge < -0.3 is 5.32 Å². The number of hydrogen-bond donors (Lipinski definition) is 1. The van der Waals surface area contributed by atoms with Gasteiger partial charge in [0.1, 0.15) is 0 Å². The molecule has 6 nitrogen and oxygen atoms in total. The normalized spacial score (nSPS) is 11.6. The van der Waals surface area contributed by atoms with Crippen molar-refractivity contribution in [2.75, 3.05) is 20.7 Å². The summed E-state index contributed by atoms with van der Waals surface area (Å²) in [6, 6.07) is 12.2. The lowest BCUT2D eigenvalue weighted by atomic mass is 10.0. The van der Waals surface area contributed by atoms with Crippen molar-refractivity contribution in [1.29, 1.82) is 0 Å². The number of hydroxylamine groups is 1. The number of nitrogens with one attached hydrogen (secondary N) is 1. The fourth-order valence-corrected chi connectivity index (χ4v) is 3.71. The summed E-state index contributed by atoms with van der Waals surface area (Å²) in [4.78, 5) is 17.0. The Balaban J connectivity index is 1.89. The monoisotopic (exact) mass is 390 g/mol. The summed E-state index contributed by atoms with van der Waals surface area (Å²) in [7, 11) is -1.12. The molecule has 0 heterocycles. The first-order chi connectivity index (χ1) is 12.8. The quantitative estimate of drug-likeness (QED) is 0.555. The Morgan fingerprint density at radius 2 is 1.78 bits per heavy atom. The Hall–Kier alpha value is -2.22. The van der Waals surface area contributed by atoms with E-state index in [2.05, 4.69) is 37.4 Å². The second kappa shape index (κ2) is 9.12. The highest BCUT2D eigenvalue weighted by Gasteiger charge is 2.20. The first kappa shape index (κ1) is 21.1. The van der Waals surface area contributed by atoms with Crippen LogP contribution in [0.5, 0.6) is 0 Å². The maximum Gasteiger partial charge on any atom is 0.264 e. The highest BCUT2D eigenvalue weighted by atomic mass is 32.2. The maximum absolute atomic E-state index is 12.2. The highest BCUT2D eigenvalue weighted by Crippen LogP contribution is 2.15. The molecule has 146 valence electrons. The van der Waals surface area contributed by atoms with Gasteiger partial charge in [-0.25, -0.2) is 8.42 Å². The standard InChI is InChI=1S/C20H26N2O4S/c1-15-7-8-17(16(2)14-15)6-5-13-21-20(23)18-9-11-19(12-10-18)27(24,25)22(3)26-4/h7-12,14H,5-6,13H2,1-4H3,(H,21,23). The smallest absolute Gasteiger partial charge is 0.264 e. The Morgan fingerprint density at radius 3 is 2.37 bits per heavy atom. The predicted octanol–water partition coefficient (Wildman–Crippen LogP) is 2.85. The summed E-state index contributed by atoms with van der Waals surface area (Å²) in [5.74, 6) is -0.223. The Morgan fingerprint density at radius 1 is 1.11 bits per heavy atom. The molecule has 0 radical (unpaired) electrons. The van der Waals surface area contributed by atoms with E-state index in [1.165, 1.54) is 55.1 Å². The lowest BCUT2D eigenvalue weighted by Crippen LogP contribution is -2.26. The van der Waals surface area contributed by atoms with Gasteiger partial charge in [-0.1, -0.05) is 28.2 Å². The molecule has 0 aromatic heterocycles. The van der Waals surface area contributed by atoms with Gasteiger partial charge in [-0.2, -0.15) is 0 Å². The average molecular weight is 391 g/mol. The second-order valence-electron chi connectivity index (χ2n) is 6.41. The molecule has 2 aromatic carbocycles. The van der Waals surface area contributed by atoms with E-state index in [-0.39, 0.29) is 10.8 Å². The predicted molar refractivity (Wildman–Crippen MR) is 105 cm³/mol. The van der Waals surface area contributed by atoms with E-state index in [0.717, 1.165) is 17.3 Å². The first-order valence-corrected chi connectivity index (χ1v) is 10.2. The zero-order chi connectivity index (χ0) is 20.0. The van der Waals surface area contributed by atoms with E-state index in [1.807, 2.05) is 0 Å². The number of benzene rings is 2. The molecule has 0 atom stereocenters. The Labute approximate surface area is 161 Å². The number of rotatable bonds is 8. The second-order valence-corrected chi connectivity index (χ2v) is 8.35. The van der Waals surface area contributed by atoms with Gasteiger partial charge in [0.05, 0.1) is 12.0 Å². The molecule has 1 amide bonds. The molecule has 1 N–H and O–H groups in total. The van der Waals surface area contributed by atoms with E-state index in [1.54, 1.807) is 0 Å². The van der Waals surface area contributed by atoms with Gasteiger partial charge in [0.15, 0.2) is 0 Å². The lowest BCUT2D eigenvalue weighted by Gasteiger charge is -2.14. The number of aryl methyl sites for hydroxylation is 3. The summed E-state index contributed by atoms with van der Waals surface area (Å²) >= 11 is 0.